The third-order valence-electron chi connectivity index (χ3n) is 4.60. The van der Waals surface area contributed by atoms with E-state index in [2.05, 4.69) is 5.53 Å². The van der Waals surface area contributed by atoms with E-state index in [-0.39, 0.29) is 17.6 Å². The molecule has 0 aromatic heterocycles. The zero-order valence-corrected chi connectivity index (χ0v) is 14.9. The maximum absolute atomic E-state index is 12.9. The summed E-state index contributed by atoms with van der Waals surface area (Å²) in [7, 11) is 0. The van der Waals surface area contributed by atoms with Gasteiger partial charge >= 0.3 is 6.18 Å². The number of carbonyl (C=O) groups is 1. The number of nitrogens with zero attached hydrogens (tertiary/aromatic N) is 3. The standard InChI is InChI=1S/C19H17F3N4O2/c1-2-11-24-16-18(28)25(13-9-7-12(8-10-13)19(20,21)22)23-26(16)15-6-4-3-5-14(15)17(24)27/h3-10,23,28H,2,11H2,1H3. The van der Waals surface area contributed by atoms with E-state index in [1.54, 1.807) is 29.3 Å². The summed E-state index contributed by atoms with van der Waals surface area (Å²) in [4.78, 5) is 14.3. The SMILES string of the molecule is CCCN1C(=O)c2ccccc2N2NN(c3ccc(C(F)(F)F)cc3)C(O)=C12. The molecule has 2 aromatic carbocycles. The average molecular weight is 390 g/mol. The Morgan fingerprint density at radius 3 is 2.36 bits per heavy atom. The van der Waals surface area contributed by atoms with Crippen molar-refractivity contribution in [3.8, 4) is 0 Å². The fourth-order valence-corrected chi connectivity index (χ4v) is 3.31. The van der Waals surface area contributed by atoms with Crippen molar-refractivity contribution in [2.45, 2.75) is 19.5 Å². The third-order valence-corrected chi connectivity index (χ3v) is 4.60. The van der Waals surface area contributed by atoms with E-state index in [0.717, 1.165) is 12.1 Å². The first kappa shape index (κ1) is 18.2. The van der Waals surface area contributed by atoms with Crippen molar-refractivity contribution < 1.29 is 23.1 Å². The molecule has 0 saturated heterocycles. The number of carbonyl (C=O) groups excluding carboxylic acids is 1. The van der Waals surface area contributed by atoms with Gasteiger partial charge in [-0.1, -0.05) is 19.1 Å². The monoisotopic (exact) mass is 390 g/mol. The lowest BCUT2D eigenvalue weighted by Gasteiger charge is -2.35. The summed E-state index contributed by atoms with van der Waals surface area (Å²) in [5.74, 6) is -0.271. The number of nitrogens with one attached hydrogen (secondary N) is 1. The predicted octanol–water partition coefficient (Wildman–Crippen LogP) is 4.00. The number of amides is 1. The van der Waals surface area contributed by atoms with Crippen molar-refractivity contribution in [2.75, 3.05) is 16.6 Å². The highest BCUT2D eigenvalue weighted by atomic mass is 19.4. The summed E-state index contributed by atoms with van der Waals surface area (Å²) < 4.78 is 38.5. The van der Waals surface area contributed by atoms with Gasteiger partial charge in [-0.2, -0.15) is 13.2 Å². The number of alkyl halides is 3. The largest absolute Gasteiger partial charge is 0.491 e. The van der Waals surface area contributed by atoms with Gasteiger partial charge in [0.2, 0.25) is 0 Å². The van der Waals surface area contributed by atoms with Crippen molar-refractivity contribution in [3.05, 3.63) is 71.4 Å². The van der Waals surface area contributed by atoms with Crippen LogP contribution in [0.2, 0.25) is 0 Å². The van der Waals surface area contributed by atoms with Gasteiger partial charge in [0.05, 0.1) is 22.5 Å². The first-order valence-electron chi connectivity index (χ1n) is 8.71. The summed E-state index contributed by atoms with van der Waals surface area (Å²) in [5.41, 5.74) is 3.48. The number of fused-ring (bicyclic) bond motifs is 3. The zero-order chi connectivity index (χ0) is 20.1. The average Bonchev–Trinajstić information content (AvgIpc) is 3.02. The lowest BCUT2D eigenvalue weighted by atomic mass is 10.1. The molecule has 0 unspecified atom stereocenters. The minimum absolute atomic E-state index is 0.241. The van der Waals surface area contributed by atoms with Gasteiger partial charge in [-0.15, -0.1) is 5.53 Å². The molecular weight excluding hydrogens is 373 g/mol. The van der Waals surface area contributed by atoms with E-state index in [1.807, 2.05) is 6.92 Å². The Labute approximate surface area is 159 Å². The van der Waals surface area contributed by atoms with Crippen LogP contribution in [0.4, 0.5) is 24.5 Å². The molecule has 2 N–H and O–H groups in total. The summed E-state index contributed by atoms with van der Waals surface area (Å²) in [5, 5.41) is 13.6. The molecule has 6 nitrogen and oxygen atoms in total. The van der Waals surface area contributed by atoms with Crippen LogP contribution in [-0.4, -0.2) is 22.5 Å². The molecule has 0 spiro atoms. The molecule has 9 heteroatoms. The number of halogens is 3. The van der Waals surface area contributed by atoms with Gasteiger partial charge in [-0.05, 0) is 42.8 Å². The van der Waals surface area contributed by atoms with Crippen molar-refractivity contribution in [1.82, 2.24) is 10.4 Å². The van der Waals surface area contributed by atoms with Gasteiger partial charge in [0.1, 0.15) is 0 Å². The van der Waals surface area contributed by atoms with Gasteiger partial charge in [0, 0.05) is 6.54 Å². The topological polar surface area (TPSA) is 59.1 Å². The summed E-state index contributed by atoms with van der Waals surface area (Å²) >= 11 is 0. The Balaban J connectivity index is 1.77. The van der Waals surface area contributed by atoms with E-state index in [1.165, 1.54) is 22.0 Å². The normalized spacial score (nSPS) is 16.6. The van der Waals surface area contributed by atoms with Crippen molar-refractivity contribution in [2.24, 2.45) is 0 Å². The van der Waals surface area contributed by atoms with E-state index in [4.69, 9.17) is 0 Å². The molecule has 28 heavy (non-hydrogen) atoms. The van der Waals surface area contributed by atoms with Crippen LogP contribution in [-0.2, 0) is 6.18 Å². The van der Waals surface area contributed by atoms with Gasteiger partial charge in [-0.25, -0.2) is 10.0 Å². The third kappa shape index (κ3) is 2.75. The number of benzene rings is 2. The van der Waals surface area contributed by atoms with Crippen LogP contribution in [0, 0.1) is 0 Å². The Hall–Kier alpha value is -3.20. The van der Waals surface area contributed by atoms with Crippen LogP contribution in [0.3, 0.4) is 0 Å². The molecule has 1 amide bonds. The molecule has 2 heterocycles. The lowest BCUT2D eigenvalue weighted by Crippen LogP contribution is -2.49. The highest BCUT2D eigenvalue weighted by Crippen LogP contribution is 2.38. The van der Waals surface area contributed by atoms with Crippen molar-refractivity contribution >= 4 is 17.3 Å². The quantitative estimate of drug-likeness (QED) is 0.830. The summed E-state index contributed by atoms with van der Waals surface area (Å²) in [6.45, 7) is 2.29. The molecule has 0 bridgehead atoms. The van der Waals surface area contributed by atoms with Crippen LogP contribution in [0.5, 0.6) is 0 Å². The van der Waals surface area contributed by atoms with Crippen LogP contribution >= 0.6 is 0 Å². The first-order chi connectivity index (χ1) is 13.3. The Morgan fingerprint density at radius 2 is 1.71 bits per heavy atom. The Bertz CT molecular complexity index is 956. The van der Waals surface area contributed by atoms with Crippen LogP contribution < -0.4 is 15.6 Å². The highest BCUT2D eigenvalue weighted by Gasteiger charge is 2.42. The first-order valence-corrected chi connectivity index (χ1v) is 8.71. The van der Waals surface area contributed by atoms with Gasteiger partial charge in [0.25, 0.3) is 11.8 Å². The van der Waals surface area contributed by atoms with Gasteiger partial charge in [0.15, 0.2) is 5.82 Å². The molecule has 0 fully saturated rings. The summed E-state index contributed by atoms with van der Waals surface area (Å²) in [6, 6.07) is 11.3. The number of aliphatic hydroxyl groups excluding tert-OH is 1. The van der Waals surface area contributed by atoms with Crippen molar-refractivity contribution in [3.63, 3.8) is 0 Å². The molecule has 4 rings (SSSR count). The second-order valence-corrected chi connectivity index (χ2v) is 6.44. The lowest BCUT2D eigenvalue weighted by molar-refractivity contribution is -0.137. The van der Waals surface area contributed by atoms with Crippen LogP contribution in [0.15, 0.2) is 60.2 Å². The molecule has 2 aliphatic heterocycles. The van der Waals surface area contributed by atoms with E-state index in [9.17, 15) is 23.1 Å². The van der Waals surface area contributed by atoms with Gasteiger partial charge in [-0.3, -0.25) is 9.69 Å². The number of rotatable bonds is 3. The summed E-state index contributed by atoms with van der Waals surface area (Å²) in [6.07, 6.45) is -3.78. The molecular formula is C19H17F3N4O2. The number of aliphatic hydroxyl groups is 1. The maximum atomic E-state index is 12.9. The number of para-hydroxylation sites is 1. The molecule has 0 saturated carbocycles. The second kappa shape index (κ2) is 6.45. The number of hydrazine groups is 2. The van der Waals surface area contributed by atoms with Crippen LogP contribution in [0.1, 0.15) is 29.3 Å². The molecule has 0 aliphatic carbocycles. The molecule has 0 radical (unpaired) electrons. The zero-order valence-electron chi connectivity index (χ0n) is 14.9. The molecule has 2 aliphatic rings. The minimum atomic E-state index is -4.45. The van der Waals surface area contributed by atoms with Crippen molar-refractivity contribution in [1.29, 1.82) is 0 Å². The van der Waals surface area contributed by atoms with Gasteiger partial charge < -0.3 is 5.11 Å². The minimum Gasteiger partial charge on any atom is -0.491 e. The fourth-order valence-electron chi connectivity index (χ4n) is 3.31. The smallest absolute Gasteiger partial charge is 0.416 e. The fraction of sp³-hybridized carbons (Fsp3) is 0.211. The van der Waals surface area contributed by atoms with E-state index < -0.39 is 11.7 Å². The number of hydrogen-bond donors (Lipinski definition) is 2. The number of anilines is 2. The van der Waals surface area contributed by atoms with E-state index >= 15 is 0 Å². The molecule has 146 valence electrons. The molecule has 0 atom stereocenters. The highest BCUT2D eigenvalue weighted by molar-refractivity contribution is 6.04. The predicted molar refractivity (Wildman–Crippen MR) is 97.0 cm³/mol. The Kier molecular flexibility index (Phi) is 4.19. The molecule has 2 aromatic rings. The number of hydrogen-bond acceptors (Lipinski definition) is 5. The maximum Gasteiger partial charge on any atom is 0.416 e. The van der Waals surface area contributed by atoms with E-state index in [0.29, 0.717) is 29.9 Å². The second-order valence-electron chi connectivity index (χ2n) is 6.44. The Morgan fingerprint density at radius 1 is 1.04 bits per heavy atom. The van der Waals surface area contributed by atoms with Crippen LogP contribution in [0.25, 0.3) is 0 Å².